The van der Waals surface area contributed by atoms with Crippen molar-refractivity contribution in [2.75, 3.05) is 6.61 Å². The van der Waals surface area contributed by atoms with Crippen LogP contribution in [0.5, 0.6) is 5.75 Å². The van der Waals surface area contributed by atoms with Crippen LogP contribution in [-0.4, -0.2) is 76.8 Å². The molecule has 4 aromatic rings. The summed E-state index contributed by atoms with van der Waals surface area (Å²) in [5.41, 5.74) is 3.42. The molecule has 1 aliphatic heterocycles. The molecule has 10 nitrogen and oxygen atoms in total. The highest BCUT2D eigenvalue weighted by atomic mass is 16.7. The summed E-state index contributed by atoms with van der Waals surface area (Å²) >= 11 is 0. The zero-order chi connectivity index (χ0) is 22.9. The number of aliphatic hydroxyl groups is 4. The van der Waals surface area contributed by atoms with Gasteiger partial charge in [0.15, 0.2) is 0 Å². The number of nitrogens with zero attached hydrogens (tertiary/aromatic N) is 4. The number of aliphatic hydroxyl groups excluding tert-OH is 4. The summed E-state index contributed by atoms with van der Waals surface area (Å²) in [7, 11) is 0. The highest BCUT2D eigenvalue weighted by Gasteiger charge is 2.44. The van der Waals surface area contributed by atoms with E-state index in [1.807, 2.05) is 45.7 Å². The van der Waals surface area contributed by atoms with Crippen molar-refractivity contribution in [2.24, 2.45) is 0 Å². The molecule has 1 fully saturated rings. The van der Waals surface area contributed by atoms with Crippen LogP contribution in [0.25, 0.3) is 16.7 Å². The maximum atomic E-state index is 10.3. The lowest BCUT2D eigenvalue weighted by molar-refractivity contribution is -0.277. The Morgan fingerprint density at radius 1 is 0.970 bits per heavy atom. The molecule has 5 atom stereocenters. The molecule has 0 amide bonds. The van der Waals surface area contributed by atoms with E-state index in [0.717, 1.165) is 11.3 Å². The maximum absolute atomic E-state index is 10.3. The number of para-hydroxylation sites is 1. The number of rotatable bonds is 6. The van der Waals surface area contributed by atoms with Crippen molar-refractivity contribution < 1.29 is 29.9 Å². The molecule has 0 aliphatic carbocycles. The second-order valence-corrected chi connectivity index (χ2v) is 7.95. The van der Waals surface area contributed by atoms with Crippen LogP contribution in [-0.2, 0) is 11.3 Å². The second kappa shape index (κ2) is 8.93. The normalized spacial score (nSPS) is 25.4. The minimum absolute atomic E-state index is 0.393. The summed E-state index contributed by atoms with van der Waals surface area (Å²) < 4.78 is 15.2. The Balaban J connectivity index is 1.41. The lowest BCUT2D eigenvalue weighted by atomic mass is 9.99. The summed E-state index contributed by atoms with van der Waals surface area (Å²) in [6.45, 7) is -0.00221. The molecule has 33 heavy (non-hydrogen) atoms. The summed E-state index contributed by atoms with van der Waals surface area (Å²) in [5, 5.41) is 39.8. The van der Waals surface area contributed by atoms with E-state index >= 15 is 0 Å². The molecular weight excluding hydrogens is 428 g/mol. The van der Waals surface area contributed by atoms with Gasteiger partial charge in [-0.1, -0.05) is 18.2 Å². The molecule has 2 aromatic carbocycles. The molecule has 2 aromatic heterocycles. The van der Waals surface area contributed by atoms with E-state index in [0.29, 0.717) is 23.3 Å². The van der Waals surface area contributed by atoms with Crippen LogP contribution < -0.4 is 4.74 Å². The van der Waals surface area contributed by atoms with E-state index < -0.39 is 37.3 Å². The molecule has 0 spiro atoms. The first kappa shape index (κ1) is 21.6. The molecule has 3 heterocycles. The standard InChI is InChI=1S/C23H24N4O6/c28-11-18-20(29)21(30)22(31)23(33-18)32-17-3-1-2-16-19(17)27(13-25-16)10-14-4-6-15(7-5-14)26-9-8-24-12-26/h1-9,12-13,18,20-23,28-31H,10-11H2/t18-,20-,21+,22-,23?/m0/s1. The summed E-state index contributed by atoms with van der Waals surface area (Å²) in [6.07, 6.45) is 0.259. The van der Waals surface area contributed by atoms with Crippen LogP contribution in [0.4, 0.5) is 0 Å². The molecule has 172 valence electrons. The summed E-state index contributed by atoms with van der Waals surface area (Å²) in [5.74, 6) is 0.393. The van der Waals surface area contributed by atoms with Gasteiger partial charge < -0.3 is 39.0 Å². The van der Waals surface area contributed by atoms with Gasteiger partial charge in [-0.2, -0.15) is 0 Å². The molecule has 0 bridgehead atoms. The van der Waals surface area contributed by atoms with Crippen molar-refractivity contribution >= 4 is 11.0 Å². The third-order valence-corrected chi connectivity index (χ3v) is 5.78. The number of hydrogen-bond acceptors (Lipinski definition) is 8. The summed E-state index contributed by atoms with van der Waals surface area (Å²) in [4.78, 5) is 8.50. The third-order valence-electron chi connectivity index (χ3n) is 5.78. The number of hydrogen-bond donors (Lipinski definition) is 4. The molecule has 1 aliphatic rings. The number of aromatic nitrogens is 4. The molecular formula is C23H24N4O6. The van der Waals surface area contributed by atoms with Gasteiger partial charge in [-0.3, -0.25) is 0 Å². The Labute approximate surface area is 188 Å². The van der Waals surface area contributed by atoms with Gasteiger partial charge in [0.1, 0.15) is 35.7 Å². The first-order valence-electron chi connectivity index (χ1n) is 10.5. The van der Waals surface area contributed by atoms with Crippen LogP contribution in [0.15, 0.2) is 67.5 Å². The van der Waals surface area contributed by atoms with E-state index in [-0.39, 0.29) is 0 Å². The van der Waals surface area contributed by atoms with Gasteiger partial charge in [-0.05, 0) is 29.8 Å². The molecule has 1 unspecified atom stereocenters. The van der Waals surface area contributed by atoms with Gasteiger partial charge >= 0.3 is 0 Å². The molecule has 4 N–H and O–H groups in total. The monoisotopic (exact) mass is 452 g/mol. The molecule has 10 heteroatoms. The molecule has 0 saturated carbocycles. The van der Waals surface area contributed by atoms with Crippen molar-refractivity contribution in [1.82, 2.24) is 19.1 Å². The number of fused-ring (bicyclic) bond motifs is 1. The van der Waals surface area contributed by atoms with Gasteiger partial charge in [0.2, 0.25) is 6.29 Å². The predicted molar refractivity (Wildman–Crippen MR) is 117 cm³/mol. The molecule has 0 radical (unpaired) electrons. The SMILES string of the molecule is OC[C@@H]1OC(Oc2cccc3ncn(Cc4ccc(-n5ccnc5)cc4)c23)[C@@H](O)[C@H](O)[C@H]1O. The minimum atomic E-state index is -1.51. The Morgan fingerprint density at radius 2 is 1.79 bits per heavy atom. The van der Waals surface area contributed by atoms with E-state index in [1.165, 1.54) is 0 Å². The molecule has 5 rings (SSSR count). The topological polar surface area (TPSA) is 135 Å². The lowest BCUT2D eigenvalue weighted by Gasteiger charge is -2.39. The van der Waals surface area contributed by atoms with Gasteiger partial charge in [0.25, 0.3) is 0 Å². The van der Waals surface area contributed by atoms with Gasteiger partial charge in [-0.15, -0.1) is 0 Å². The largest absolute Gasteiger partial charge is 0.460 e. The highest BCUT2D eigenvalue weighted by molar-refractivity contribution is 5.82. The zero-order valence-corrected chi connectivity index (χ0v) is 17.5. The number of ether oxygens (including phenoxy) is 2. The predicted octanol–water partition coefficient (Wildman–Crippen LogP) is 0.449. The van der Waals surface area contributed by atoms with E-state index in [4.69, 9.17) is 9.47 Å². The van der Waals surface area contributed by atoms with Crippen LogP contribution in [0.2, 0.25) is 0 Å². The third kappa shape index (κ3) is 4.10. The Morgan fingerprint density at radius 3 is 2.52 bits per heavy atom. The van der Waals surface area contributed by atoms with Crippen LogP contribution >= 0.6 is 0 Å². The fourth-order valence-electron chi connectivity index (χ4n) is 3.98. The van der Waals surface area contributed by atoms with Crippen molar-refractivity contribution in [3.05, 3.63) is 73.1 Å². The fraction of sp³-hybridized carbons (Fsp3) is 0.304. The fourth-order valence-corrected chi connectivity index (χ4v) is 3.98. The quantitative estimate of drug-likeness (QED) is 0.331. The van der Waals surface area contributed by atoms with Crippen molar-refractivity contribution in [3.8, 4) is 11.4 Å². The average Bonchev–Trinajstić information content (AvgIpc) is 3.51. The van der Waals surface area contributed by atoms with Crippen molar-refractivity contribution in [2.45, 2.75) is 37.3 Å². The maximum Gasteiger partial charge on any atom is 0.229 e. The van der Waals surface area contributed by atoms with Gasteiger partial charge in [0, 0.05) is 24.6 Å². The van der Waals surface area contributed by atoms with Crippen molar-refractivity contribution in [3.63, 3.8) is 0 Å². The zero-order valence-electron chi connectivity index (χ0n) is 17.5. The Kier molecular flexibility index (Phi) is 5.83. The first-order valence-corrected chi connectivity index (χ1v) is 10.5. The Bertz CT molecular complexity index is 1210. The number of imidazole rings is 2. The minimum Gasteiger partial charge on any atom is -0.460 e. The summed E-state index contributed by atoms with van der Waals surface area (Å²) in [6, 6.07) is 13.4. The highest BCUT2D eigenvalue weighted by Crippen LogP contribution is 2.30. The first-order chi connectivity index (χ1) is 16.0. The van der Waals surface area contributed by atoms with E-state index in [9.17, 15) is 20.4 Å². The number of benzene rings is 2. The van der Waals surface area contributed by atoms with Gasteiger partial charge in [0.05, 0.1) is 24.8 Å². The van der Waals surface area contributed by atoms with Crippen LogP contribution in [0.3, 0.4) is 0 Å². The van der Waals surface area contributed by atoms with Gasteiger partial charge in [-0.25, -0.2) is 9.97 Å². The second-order valence-electron chi connectivity index (χ2n) is 7.95. The van der Waals surface area contributed by atoms with Crippen molar-refractivity contribution in [1.29, 1.82) is 0 Å². The van der Waals surface area contributed by atoms with E-state index in [1.54, 1.807) is 31.0 Å². The van der Waals surface area contributed by atoms with Crippen LogP contribution in [0, 0.1) is 0 Å². The smallest absolute Gasteiger partial charge is 0.229 e. The average molecular weight is 452 g/mol. The van der Waals surface area contributed by atoms with E-state index in [2.05, 4.69) is 9.97 Å². The lowest BCUT2D eigenvalue weighted by Crippen LogP contribution is -2.60. The molecule has 1 saturated heterocycles. The van der Waals surface area contributed by atoms with Crippen LogP contribution in [0.1, 0.15) is 5.56 Å². The Hall–Kier alpha value is -3.28.